The molecule has 1 unspecified atom stereocenters. The van der Waals surface area contributed by atoms with Gasteiger partial charge in [-0.05, 0) is 59.1 Å². The number of carbonyl (C=O) groups is 1. The number of rotatable bonds is 4. The monoisotopic (exact) mass is 369 g/mol. The van der Waals surface area contributed by atoms with Crippen molar-refractivity contribution in [3.05, 3.63) is 68.9 Å². The van der Waals surface area contributed by atoms with Gasteiger partial charge in [0.1, 0.15) is 5.82 Å². The van der Waals surface area contributed by atoms with E-state index >= 15 is 0 Å². The molecule has 2 aromatic carbocycles. The van der Waals surface area contributed by atoms with Crippen LogP contribution in [0.2, 0.25) is 5.02 Å². The van der Waals surface area contributed by atoms with E-state index in [0.29, 0.717) is 21.5 Å². The van der Waals surface area contributed by atoms with Crippen LogP contribution in [0.15, 0.2) is 46.9 Å². The molecule has 0 radical (unpaired) electrons. The maximum Gasteiger partial charge on any atom is 0.253 e. The van der Waals surface area contributed by atoms with E-state index in [2.05, 4.69) is 21.2 Å². The quantitative estimate of drug-likeness (QED) is 0.837. The minimum atomic E-state index is -0.267. The Balaban J connectivity index is 2.02. The molecule has 2 nitrogen and oxygen atoms in total. The molecule has 0 fully saturated rings. The molecule has 1 N–H and O–H groups in total. The first-order valence-corrected chi connectivity index (χ1v) is 7.64. The summed E-state index contributed by atoms with van der Waals surface area (Å²) in [5.41, 5.74) is 1.39. The Kier molecular flexibility index (Phi) is 5.37. The van der Waals surface area contributed by atoms with Crippen LogP contribution in [0.3, 0.4) is 0 Å². The van der Waals surface area contributed by atoms with Gasteiger partial charge in [0.05, 0.1) is 10.6 Å². The minimum Gasteiger partial charge on any atom is -0.349 e. The fraction of sp³-hybridized carbons (Fsp3) is 0.188. The standard InChI is InChI=1S/C16H14BrClFNO/c1-10(9-11-5-7-12(19)8-6-11)20-16(21)13-3-2-4-14(17)15(13)18/h2-8,10H,9H2,1H3,(H,20,21). The first-order valence-electron chi connectivity index (χ1n) is 6.46. The zero-order valence-electron chi connectivity index (χ0n) is 11.4. The third-order valence-electron chi connectivity index (χ3n) is 3.03. The van der Waals surface area contributed by atoms with Gasteiger partial charge >= 0.3 is 0 Å². The van der Waals surface area contributed by atoms with Crippen LogP contribution >= 0.6 is 27.5 Å². The molecule has 5 heteroatoms. The Labute approximate surface area is 136 Å². The lowest BCUT2D eigenvalue weighted by Gasteiger charge is -2.15. The van der Waals surface area contributed by atoms with Crippen LogP contribution in [-0.2, 0) is 6.42 Å². The van der Waals surface area contributed by atoms with Gasteiger partial charge in [0, 0.05) is 10.5 Å². The molecule has 2 aromatic rings. The number of benzene rings is 2. The maximum absolute atomic E-state index is 12.8. The van der Waals surface area contributed by atoms with Gasteiger partial charge in [0.15, 0.2) is 0 Å². The summed E-state index contributed by atoms with van der Waals surface area (Å²) in [6.45, 7) is 1.90. The van der Waals surface area contributed by atoms with Gasteiger partial charge in [-0.25, -0.2) is 4.39 Å². The van der Waals surface area contributed by atoms with Gasteiger partial charge in [-0.15, -0.1) is 0 Å². The van der Waals surface area contributed by atoms with Crippen LogP contribution < -0.4 is 5.32 Å². The predicted octanol–water partition coefficient (Wildman–Crippen LogP) is 4.60. The number of hydrogen-bond donors (Lipinski definition) is 1. The first-order chi connectivity index (χ1) is 9.97. The van der Waals surface area contributed by atoms with Crippen molar-refractivity contribution in [1.29, 1.82) is 0 Å². The van der Waals surface area contributed by atoms with E-state index in [4.69, 9.17) is 11.6 Å². The van der Waals surface area contributed by atoms with Crippen molar-refractivity contribution in [3.63, 3.8) is 0 Å². The third kappa shape index (κ3) is 4.29. The SMILES string of the molecule is CC(Cc1ccc(F)cc1)NC(=O)c1cccc(Br)c1Cl. The first kappa shape index (κ1) is 16.0. The Morgan fingerprint density at radius 1 is 1.29 bits per heavy atom. The van der Waals surface area contributed by atoms with Crippen molar-refractivity contribution in [2.45, 2.75) is 19.4 Å². The normalized spacial score (nSPS) is 12.0. The van der Waals surface area contributed by atoms with Crippen LogP contribution in [0.5, 0.6) is 0 Å². The van der Waals surface area contributed by atoms with Crippen molar-refractivity contribution in [2.24, 2.45) is 0 Å². The predicted molar refractivity (Wildman–Crippen MR) is 86.2 cm³/mol. The van der Waals surface area contributed by atoms with Crippen LogP contribution in [0.1, 0.15) is 22.8 Å². The lowest BCUT2D eigenvalue weighted by Crippen LogP contribution is -2.34. The Hall–Kier alpha value is -1.39. The highest BCUT2D eigenvalue weighted by atomic mass is 79.9. The lowest BCUT2D eigenvalue weighted by molar-refractivity contribution is 0.0940. The Morgan fingerprint density at radius 2 is 1.95 bits per heavy atom. The number of halogens is 3. The molecule has 0 saturated carbocycles. The number of carbonyl (C=O) groups excluding carboxylic acids is 1. The molecule has 1 atom stereocenters. The Morgan fingerprint density at radius 3 is 2.62 bits per heavy atom. The molecule has 21 heavy (non-hydrogen) atoms. The van der Waals surface area contributed by atoms with Crippen molar-refractivity contribution >= 4 is 33.4 Å². The fourth-order valence-electron chi connectivity index (χ4n) is 2.01. The molecule has 0 aliphatic carbocycles. The molecule has 0 heterocycles. The van der Waals surface area contributed by atoms with E-state index in [1.54, 1.807) is 30.3 Å². The topological polar surface area (TPSA) is 29.1 Å². The Bertz CT molecular complexity index is 645. The zero-order valence-corrected chi connectivity index (χ0v) is 13.7. The highest BCUT2D eigenvalue weighted by Crippen LogP contribution is 2.25. The molecule has 0 aliphatic rings. The van der Waals surface area contributed by atoms with E-state index in [9.17, 15) is 9.18 Å². The highest BCUT2D eigenvalue weighted by Gasteiger charge is 2.14. The second-order valence-electron chi connectivity index (χ2n) is 4.81. The van der Waals surface area contributed by atoms with E-state index < -0.39 is 0 Å². The summed E-state index contributed by atoms with van der Waals surface area (Å²) in [4.78, 5) is 12.2. The second-order valence-corrected chi connectivity index (χ2v) is 6.04. The van der Waals surface area contributed by atoms with Crippen molar-refractivity contribution < 1.29 is 9.18 Å². The summed E-state index contributed by atoms with van der Waals surface area (Å²) in [5.74, 6) is -0.493. The van der Waals surface area contributed by atoms with Gasteiger partial charge in [-0.2, -0.15) is 0 Å². The smallest absolute Gasteiger partial charge is 0.253 e. The average Bonchev–Trinajstić information content (AvgIpc) is 2.44. The van der Waals surface area contributed by atoms with Gasteiger partial charge in [0.25, 0.3) is 5.91 Å². The van der Waals surface area contributed by atoms with Gasteiger partial charge in [0.2, 0.25) is 0 Å². The van der Waals surface area contributed by atoms with Gasteiger partial charge in [-0.3, -0.25) is 4.79 Å². The van der Waals surface area contributed by atoms with Crippen molar-refractivity contribution in [2.75, 3.05) is 0 Å². The molecular weight excluding hydrogens is 357 g/mol. The van der Waals surface area contributed by atoms with Crippen LogP contribution in [0.4, 0.5) is 4.39 Å². The van der Waals surface area contributed by atoms with Crippen LogP contribution in [0.25, 0.3) is 0 Å². The molecule has 0 aliphatic heterocycles. The van der Waals surface area contributed by atoms with E-state index in [0.717, 1.165) is 5.56 Å². The fourth-order valence-corrected chi connectivity index (χ4v) is 2.58. The summed E-state index contributed by atoms with van der Waals surface area (Å²) in [7, 11) is 0. The largest absolute Gasteiger partial charge is 0.349 e. The van der Waals surface area contributed by atoms with Gasteiger partial charge in [-0.1, -0.05) is 29.8 Å². The van der Waals surface area contributed by atoms with Gasteiger partial charge < -0.3 is 5.32 Å². The van der Waals surface area contributed by atoms with Crippen LogP contribution in [-0.4, -0.2) is 11.9 Å². The molecule has 0 aromatic heterocycles. The number of nitrogens with one attached hydrogen (secondary N) is 1. The van der Waals surface area contributed by atoms with Crippen molar-refractivity contribution in [1.82, 2.24) is 5.32 Å². The number of hydrogen-bond acceptors (Lipinski definition) is 1. The molecule has 110 valence electrons. The van der Waals surface area contributed by atoms with Crippen LogP contribution in [0, 0.1) is 5.82 Å². The average molecular weight is 371 g/mol. The molecule has 1 amide bonds. The molecule has 2 rings (SSSR count). The summed E-state index contributed by atoms with van der Waals surface area (Å²) in [6, 6.07) is 11.4. The number of amides is 1. The summed E-state index contributed by atoms with van der Waals surface area (Å²) >= 11 is 9.39. The maximum atomic E-state index is 12.8. The van der Waals surface area contributed by atoms with E-state index in [-0.39, 0.29) is 17.8 Å². The second kappa shape index (κ2) is 7.05. The molecule has 0 spiro atoms. The summed E-state index contributed by atoms with van der Waals surface area (Å²) in [6.07, 6.45) is 0.623. The molecular formula is C16H14BrClFNO. The summed E-state index contributed by atoms with van der Waals surface area (Å²) < 4.78 is 13.5. The third-order valence-corrected chi connectivity index (χ3v) is 4.33. The summed E-state index contributed by atoms with van der Waals surface area (Å²) in [5, 5.41) is 3.28. The van der Waals surface area contributed by atoms with E-state index in [1.807, 2.05) is 6.92 Å². The molecule has 0 saturated heterocycles. The zero-order chi connectivity index (χ0) is 15.4. The minimum absolute atomic E-state index is 0.0852. The lowest BCUT2D eigenvalue weighted by atomic mass is 10.1. The molecule has 0 bridgehead atoms. The van der Waals surface area contributed by atoms with Crippen molar-refractivity contribution in [3.8, 4) is 0 Å². The van der Waals surface area contributed by atoms with E-state index in [1.165, 1.54) is 12.1 Å². The highest BCUT2D eigenvalue weighted by molar-refractivity contribution is 9.10.